The summed E-state index contributed by atoms with van der Waals surface area (Å²) in [5, 5.41) is 9.25. The molecule has 0 aromatic heterocycles. The Morgan fingerprint density at radius 1 is 1.10 bits per heavy atom. The van der Waals surface area contributed by atoms with Crippen molar-refractivity contribution in [2.24, 2.45) is 5.16 Å². The Morgan fingerprint density at radius 3 is 2.40 bits per heavy atom. The molecular formula is C22H25N3O5. The second-order valence-electron chi connectivity index (χ2n) is 6.81. The molecule has 3 rings (SSSR count). The van der Waals surface area contributed by atoms with Gasteiger partial charge in [-0.05, 0) is 11.1 Å². The van der Waals surface area contributed by atoms with Crippen LogP contribution in [0.25, 0.3) is 0 Å². The molecular weight excluding hydrogens is 386 g/mol. The van der Waals surface area contributed by atoms with Crippen molar-refractivity contribution < 1.29 is 23.9 Å². The van der Waals surface area contributed by atoms with E-state index in [4.69, 9.17) is 14.3 Å². The molecule has 2 atom stereocenters. The van der Waals surface area contributed by atoms with Gasteiger partial charge in [0.05, 0.1) is 20.1 Å². The van der Waals surface area contributed by atoms with E-state index in [1.807, 2.05) is 60.7 Å². The van der Waals surface area contributed by atoms with Crippen LogP contribution >= 0.6 is 0 Å². The summed E-state index contributed by atoms with van der Waals surface area (Å²) in [4.78, 5) is 30.3. The molecule has 1 heterocycles. The van der Waals surface area contributed by atoms with Gasteiger partial charge in [0.25, 0.3) is 0 Å². The van der Waals surface area contributed by atoms with E-state index in [1.165, 1.54) is 7.11 Å². The van der Waals surface area contributed by atoms with Gasteiger partial charge in [0, 0.05) is 6.42 Å². The topological polar surface area (TPSA) is 98.3 Å². The quantitative estimate of drug-likeness (QED) is 0.695. The number of hydrogen-bond donors (Lipinski definition) is 2. The van der Waals surface area contributed by atoms with Crippen LogP contribution in [-0.2, 0) is 32.1 Å². The maximum absolute atomic E-state index is 12.8. The minimum atomic E-state index is -0.792. The Labute approximate surface area is 175 Å². The summed E-state index contributed by atoms with van der Waals surface area (Å²) in [6.45, 7) is 0.376. The molecule has 0 saturated carbocycles. The van der Waals surface area contributed by atoms with Crippen LogP contribution in [0.2, 0.25) is 0 Å². The highest BCUT2D eigenvalue weighted by molar-refractivity contribution is 5.86. The molecule has 0 fully saturated rings. The SMILES string of the molecule is COC1=NOC(CNC(=O)[C@@H](Cc2ccccc2)NC(=O)OCc2ccccc2)C1. The average molecular weight is 411 g/mol. The lowest BCUT2D eigenvalue weighted by atomic mass is 10.1. The minimum Gasteiger partial charge on any atom is -0.482 e. The second kappa shape index (κ2) is 10.8. The summed E-state index contributed by atoms with van der Waals surface area (Å²) in [7, 11) is 1.52. The molecule has 8 heteroatoms. The van der Waals surface area contributed by atoms with E-state index in [0.29, 0.717) is 18.7 Å². The van der Waals surface area contributed by atoms with E-state index in [0.717, 1.165) is 11.1 Å². The average Bonchev–Trinajstić information content (AvgIpc) is 3.25. The summed E-state index contributed by atoms with van der Waals surface area (Å²) >= 11 is 0. The molecule has 0 spiro atoms. The Morgan fingerprint density at radius 2 is 1.77 bits per heavy atom. The molecule has 8 nitrogen and oxygen atoms in total. The van der Waals surface area contributed by atoms with Crippen molar-refractivity contribution >= 4 is 17.9 Å². The number of oxime groups is 1. The van der Waals surface area contributed by atoms with Crippen LogP contribution in [0.3, 0.4) is 0 Å². The molecule has 2 aromatic rings. The number of rotatable bonds is 8. The lowest BCUT2D eigenvalue weighted by Crippen LogP contribution is -2.49. The first-order chi connectivity index (χ1) is 14.6. The number of ether oxygens (including phenoxy) is 2. The largest absolute Gasteiger partial charge is 0.482 e. The van der Waals surface area contributed by atoms with Gasteiger partial charge in [-0.3, -0.25) is 4.79 Å². The third kappa shape index (κ3) is 6.51. The fraction of sp³-hybridized carbons (Fsp3) is 0.318. The number of alkyl carbamates (subject to hydrolysis) is 1. The maximum atomic E-state index is 12.8. The van der Waals surface area contributed by atoms with Gasteiger partial charge < -0.3 is 24.9 Å². The number of benzene rings is 2. The highest BCUT2D eigenvalue weighted by Gasteiger charge is 2.26. The third-order valence-corrected chi connectivity index (χ3v) is 4.55. The molecule has 1 aliphatic heterocycles. The fourth-order valence-electron chi connectivity index (χ4n) is 2.94. The van der Waals surface area contributed by atoms with Crippen molar-refractivity contribution in [3.63, 3.8) is 0 Å². The van der Waals surface area contributed by atoms with Gasteiger partial charge in [0.1, 0.15) is 12.6 Å². The molecule has 0 radical (unpaired) electrons. The van der Waals surface area contributed by atoms with Crippen molar-refractivity contribution in [3.05, 3.63) is 71.8 Å². The van der Waals surface area contributed by atoms with Crippen molar-refractivity contribution in [1.82, 2.24) is 10.6 Å². The molecule has 1 unspecified atom stereocenters. The normalized spacial score (nSPS) is 16.0. The molecule has 30 heavy (non-hydrogen) atoms. The summed E-state index contributed by atoms with van der Waals surface area (Å²) in [5.74, 6) is 0.155. The van der Waals surface area contributed by atoms with Crippen LogP contribution in [0.5, 0.6) is 0 Å². The summed E-state index contributed by atoms with van der Waals surface area (Å²) in [6.07, 6.45) is -0.145. The summed E-state index contributed by atoms with van der Waals surface area (Å²) < 4.78 is 10.3. The number of nitrogens with one attached hydrogen (secondary N) is 2. The Bertz CT molecular complexity index is 858. The Hall–Kier alpha value is -3.55. The predicted octanol–water partition coefficient (Wildman–Crippen LogP) is 2.39. The first-order valence-corrected chi connectivity index (χ1v) is 9.69. The fourth-order valence-corrected chi connectivity index (χ4v) is 2.94. The van der Waals surface area contributed by atoms with E-state index in [2.05, 4.69) is 15.8 Å². The second-order valence-corrected chi connectivity index (χ2v) is 6.81. The van der Waals surface area contributed by atoms with E-state index in [1.54, 1.807) is 0 Å². The van der Waals surface area contributed by atoms with Crippen LogP contribution < -0.4 is 10.6 Å². The highest BCUT2D eigenvalue weighted by atomic mass is 16.7. The molecule has 2 amide bonds. The van der Waals surface area contributed by atoms with Crippen molar-refractivity contribution in [2.45, 2.75) is 31.6 Å². The van der Waals surface area contributed by atoms with Gasteiger partial charge in [-0.2, -0.15) is 0 Å². The van der Waals surface area contributed by atoms with Crippen molar-refractivity contribution in [2.75, 3.05) is 13.7 Å². The Kier molecular flexibility index (Phi) is 7.65. The van der Waals surface area contributed by atoms with Gasteiger partial charge in [0.15, 0.2) is 6.10 Å². The lowest BCUT2D eigenvalue weighted by Gasteiger charge is -2.19. The minimum absolute atomic E-state index is 0.124. The van der Waals surface area contributed by atoms with Gasteiger partial charge in [-0.15, -0.1) is 0 Å². The van der Waals surface area contributed by atoms with Gasteiger partial charge in [0.2, 0.25) is 11.8 Å². The molecule has 0 bridgehead atoms. The molecule has 2 aromatic carbocycles. The van der Waals surface area contributed by atoms with Crippen LogP contribution in [-0.4, -0.2) is 43.7 Å². The van der Waals surface area contributed by atoms with Gasteiger partial charge >= 0.3 is 6.09 Å². The number of carbonyl (C=O) groups excluding carboxylic acids is 2. The predicted molar refractivity (Wildman–Crippen MR) is 111 cm³/mol. The summed E-state index contributed by atoms with van der Waals surface area (Å²) in [6, 6.07) is 18.0. The first-order valence-electron chi connectivity index (χ1n) is 9.69. The van der Waals surface area contributed by atoms with Crippen molar-refractivity contribution in [1.29, 1.82) is 0 Å². The standard InChI is InChI=1S/C22H25N3O5/c1-28-20-13-18(30-25-20)14-23-21(26)19(12-16-8-4-2-5-9-16)24-22(27)29-15-17-10-6-3-7-11-17/h2-11,18-19H,12-15H2,1H3,(H,23,26)(H,24,27)/t18?,19-/m1/s1. The number of carbonyl (C=O) groups is 2. The van der Waals surface area contributed by atoms with Crippen LogP contribution in [0.1, 0.15) is 17.5 Å². The van der Waals surface area contributed by atoms with E-state index in [9.17, 15) is 9.59 Å². The molecule has 0 aliphatic carbocycles. The van der Waals surface area contributed by atoms with Gasteiger partial charge in [-0.1, -0.05) is 65.8 Å². The molecule has 2 N–H and O–H groups in total. The first kappa shape index (κ1) is 21.2. The number of hydrogen-bond acceptors (Lipinski definition) is 6. The zero-order valence-electron chi connectivity index (χ0n) is 16.7. The van der Waals surface area contributed by atoms with Crippen LogP contribution in [0.15, 0.2) is 65.8 Å². The monoisotopic (exact) mass is 411 g/mol. The van der Waals surface area contributed by atoms with Gasteiger partial charge in [-0.25, -0.2) is 4.79 Å². The van der Waals surface area contributed by atoms with Crippen LogP contribution in [0, 0.1) is 0 Å². The van der Waals surface area contributed by atoms with E-state index < -0.39 is 12.1 Å². The molecule has 1 aliphatic rings. The highest BCUT2D eigenvalue weighted by Crippen LogP contribution is 2.10. The maximum Gasteiger partial charge on any atom is 0.408 e. The third-order valence-electron chi connectivity index (χ3n) is 4.55. The number of nitrogens with zero attached hydrogens (tertiary/aromatic N) is 1. The number of amides is 2. The van der Waals surface area contributed by atoms with E-state index in [-0.39, 0.29) is 25.2 Å². The van der Waals surface area contributed by atoms with E-state index >= 15 is 0 Å². The van der Waals surface area contributed by atoms with Crippen LogP contribution in [0.4, 0.5) is 4.79 Å². The summed E-state index contributed by atoms with van der Waals surface area (Å²) in [5.41, 5.74) is 1.78. The molecule has 0 saturated heterocycles. The zero-order valence-corrected chi connectivity index (χ0v) is 16.7. The zero-order chi connectivity index (χ0) is 21.2. The van der Waals surface area contributed by atoms with Crippen molar-refractivity contribution in [3.8, 4) is 0 Å². The lowest BCUT2D eigenvalue weighted by molar-refractivity contribution is -0.123. The molecule has 158 valence electrons. The smallest absolute Gasteiger partial charge is 0.408 e. The Balaban J connectivity index is 1.55. The number of methoxy groups -OCH3 is 1.